The van der Waals surface area contributed by atoms with E-state index in [1.54, 1.807) is 12.1 Å². The van der Waals surface area contributed by atoms with E-state index in [1.807, 2.05) is 38.1 Å². The number of carbonyl (C=O) groups is 1. The monoisotopic (exact) mass is 315 g/mol. The van der Waals surface area contributed by atoms with Gasteiger partial charge in [-0.3, -0.25) is 0 Å². The SMILES string of the molecule is Cc1cc(OCCO)cc(C)c1-c1ccc(OCC(=O)[O-])cc1. The third-order valence-electron chi connectivity index (χ3n) is 3.37. The van der Waals surface area contributed by atoms with Crippen LogP contribution in [0.15, 0.2) is 36.4 Å². The van der Waals surface area contributed by atoms with Crippen molar-refractivity contribution in [2.45, 2.75) is 13.8 Å². The van der Waals surface area contributed by atoms with Crippen molar-refractivity contribution in [3.8, 4) is 22.6 Å². The Morgan fingerprint density at radius 2 is 1.65 bits per heavy atom. The first kappa shape index (κ1) is 16.8. The van der Waals surface area contributed by atoms with Crippen molar-refractivity contribution >= 4 is 5.97 Å². The average Bonchev–Trinajstić information content (AvgIpc) is 2.51. The maximum atomic E-state index is 10.4. The van der Waals surface area contributed by atoms with Crippen molar-refractivity contribution in [2.24, 2.45) is 0 Å². The summed E-state index contributed by atoms with van der Waals surface area (Å²) in [7, 11) is 0. The van der Waals surface area contributed by atoms with E-state index >= 15 is 0 Å². The molecule has 2 aromatic carbocycles. The average molecular weight is 315 g/mol. The lowest BCUT2D eigenvalue weighted by Gasteiger charge is -2.14. The molecule has 0 saturated heterocycles. The Balaban J connectivity index is 2.22. The lowest BCUT2D eigenvalue weighted by molar-refractivity contribution is -0.307. The molecule has 0 saturated carbocycles. The number of aliphatic hydroxyl groups is 1. The van der Waals surface area contributed by atoms with Crippen molar-refractivity contribution < 1.29 is 24.5 Å². The number of carboxylic acid groups (broad SMARTS) is 1. The molecule has 0 amide bonds. The quantitative estimate of drug-likeness (QED) is 0.837. The summed E-state index contributed by atoms with van der Waals surface area (Å²) in [4.78, 5) is 10.4. The van der Waals surface area contributed by atoms with Gasteiger partial charge in [0.15, 0.2) is 0 Å². The summed E-state index contributed by atoms with van der Waals surface area (Å²) >= 11 is 0. The summed E-state index contributed by atoms with van der Waals surface area (Å²) in [6.45, 7) is 3.77. The fourth-order valence-corrected chi connectivity index (χ4v) is 2.49. The number of carbonyl (C=O) groups excluding carboxylic acids is 1. The standard InChI is InChI=1S/C18H20O5/c1-12-9-16(22-8-7-19)10-13(2)18(12)14-3-5-15(6-4-14)23-11-17(20)21/h3-6,9-10,19H,7-8,11H2,1-2H3,(H,20,21)/p-1. The molecular weight excluding hydrogens is 296 g/mol. The number of hydrogen-bond donors (Lipinski definition) is 1. The Morgan fingerprint density at radius 1 is 1.04 bits per heavy atom. The number of aliphatic hydroxyl groups excluding tert-OH is 1. The molecule has 0 heterocycles. The number of aliphatic carboxylic acids is 1. The third-order valence-corrected chi connectivity index (χ3v) is 3.37. The minimum atomic E-state index is -1.25. The second kappa shape index (κ2) is 7.65. The van der Waals surface area contributed by atoms with Crippen LogP contribution in [0.4, 0.5) is 0 Å². The number of ether oxygens (including phenoxy) is 2. The third kappa shape index (κ3) is 4.47. The molecule has 5 heteroatoms. The van der Waals surface area contributed by atoms with E-state index in [-0.39, 0.29) is 13.2 Å². The molecule has 0 bridgehead atoms. The Labute approximate surface area is 135 Å². The molecule has 0 unspecified atom stereocenters. The Kier molecular flexibility index (Phi) is 5.60. The Hall–Kier alpha value is -2.53. The highest BCUT2D eigenvalue weighted by molar-refractivity contribution is 5.72. The molecule has 1 N–H and O–H groups in total. The topological polar surface area (TPSA) is 78.8 Å². The zero-order valence-electron chi connectivity index (χ0n) is 13.2. The summed E-state index contributed by atoms with van der Waals surface area (Å²) < 4.78 is 10.5. The molecular formula is C18H19O5-. The highest BCUT2D eigenvalue weighted by atomic mass is 16.5. The van der Waals surface area contributed by atoms with Crippen molar-refractivity contribution in [2.75, 3.05) is 19.8 Å². The van der Waals surface area contributed by atoms with Gasteiger partial charge >= 0.3 is 0 Å². The number of carboxylic acids is 1. The molecule has 5 nitrogen and oxygen atoms in total. The molecule has 0 spiro atoms. The van der Waals surface area contributed by atoms with E-state index in [4.69, 9.17) is 14.6 Å². The van der Waals surface area contributed by atoms with E-state index in [0.29, 0.717) is 5.75 Å². The number of rotatable bonds is 7. The van der Waals surface area contributed by atoms with Gasteiger partial charge in [0.1, 0.15) is 24.7 Å². The molecule has 0 aromatic heterocycles. The molecule has 0 aliphatic rings. The van der Waals surface area contributed by atoms with Gasteiger partial charge in [0.2, 0.25) is 0 Å². The van der Waals surface area contributed by atoms with Crippen LogP contribution in [0.1, 0.15) is 11.1 Å². The van der Waals surface area contributed by atoms with Crippen LogP contribution in [0.25, 0.3) is 11.1 Å². The largest absolute Gasteiger partial charge is 0.546 e. The van der Waals surface area contributed by atoms with Crippen molar-refractivity contribution in [1.29, 1.82) is 0 Å². The van der Waals surface area contributed by atoms with Gasteiger partial charge in [-0.2, -0.15) is 0 Å². The van der Waals surface area contributed by atoms with E-state index in [2.05, 4.69) is 0 Å². The summed E-state index contributed by atoms with van der Waals surface area (Å²) in [6.07, 6.45) is 0. The van der Waals surface area contributed by atoms with Crippen LogP contribution >= 0.6 is 0 Å². The fourth-order valence-electron chi connectivity index (χ4n) is 2.49. The fraction of sp³-hybridized carbons (Fsp3) is 0.278. The highest BCUT2D eigenvalue weighted by Crippen LogP contribution is 2.32. The minimum Gasteiger partial charge on any atom is -0.546 e. The zero-order valence-corrected chi connectivity index (χ0v) is 13.2. The first-order valence-electron chi connectivity index (χ1n) is 7.29. The highest BCUT2D eigenvalue weighted by Gasteiger charge is 2.09. The molecule has 0 aliphatic heterocycles. The van der Waals surface area contributed by atoms with Gasteiger partial charge < -0.3 is 24.5 Å². The van der Waals surface area contributed by atoms with Gasteiger partial charge in [0.05, 0.1) is 12.6 Å². The van der Waals surface area contributed by atoms with E-state index in [1.165, 1.54) is 0 Å². The summed E-state index contributed by atoms with van der Waals surface area (Å²) in [5.41, 5.74) is 4.21. The lowest BCUT2D eigenvalue weighted by atomic mass is 9.95. The molecule has 0 aliphatic carbocycles. The lowest BCUT2D eigenvalue weighted by Crippen LogP contribution is -2.28. The number of hydrogen-bond acceptors (Lipinski definition) is 5. The van der Waals surface area contributed by atoms with Crippen molar-refractivity contribution in [3.05, 3.63) is 47.5 Å². The number of benzene rings is 2. The predicted octanol–water partition coefficient (Wildman–Crippen LogP) is 1.47. The summed E-state index contributed by atoms with van der Waals surface area (Å²) in [5.74, 6) is -0.0397. The molecule has 0 radical (unpaired) electrons. The van der Waals surface area contributed by atoms with Crippen LogP contribution in [0.2, 0.25) is 0 Å². The maximum absolute atomic E-state index is 10.4. The predicted molar refractivity (Wildman–Crippen MR) is 84.4 cm³/mol. The van der Waals surface area contributed by atoms with Gasteiger partial charge in [0, 0.05) is 0 Å². The zero-order chi connectivity index (χ0) is 16.8. The maximum Gasteiger partial charge on any atom is 0.128 e. The van der Waals surface area contributed by atoms with Crippen LogP contribution in [0, 0.1) is 13.8 Å². The number of aryl methyl sites for hydroxylation is 2. The van der Waals surface area contributed by atoms with Gasteiger partial charge in [-0.25, -0.2) is 0 Å². The van der Waals surface area contributed by atoms with E-state index in [0.717, 1.165) is 28.0 Å². The van der Waals surface area contributed by atoms with Crippen LogP contribution in [0.3, 0.4) is 0 Å². The molecule has 0 atom stereocenters. The smallest absolute Gasteiger partial charge is 0.128 e. The molecule has 0 fully saturated rings. The van der Waals surface area contributed by atoms with E-state index in [9.17, 15) is 9.90 Å². The van der Waals surface area contributed by atoms with Crippen LogP contribution < -0.4 is 14.6 Å². The second-order valence-corrected chi connectivity index (χ2v) is 5.19. The van der Waals surface area contributed by atoms with E-state index < -0.39 is 12.6 Å². The molecule has 23 heavy (non-hydrogen) atoms. The van der Waals surface area contributed by atoms with Gasteiger partial charge in [-0.05, 0) is 60.4 Å². The first-order valence-corrected chi connectivity index (χ1v) is 7.29. The Morgan fingerprint density at radius 3 is 2.17 bits per heavy atom. The summed E-state index contributed by atoms with van der Waals surface area (Å²) in [5, 5.41) is 19.2. The molecule has 2 rings (SSSR count). The minimum absolute atomic E-state index is 0.0207. The summed E-state index contributed by atoms with van der Waals surface area (Å²) in [6, 6.07) is 11.1. The first-order chi connectivity index (χ1) is 11.0. The van der Waals surface area contributed by atoms with Crippen LogP contribution in [-0.2, 0) is 4.79 Å². The van der Waals surface area contributed by atoms with Crippen LogP contribution in [-0.4, -0.2) is 30.9 Å². The van der Waals surface area contributed by atoms with Crippen LogP contribution in [0.5, 0.6) is 11.5 Å². The van der Waals surface area contributed by atoms with Crippen molar-refractivity contribution in [1.82, 2.24) is 0 Å². The molecule has 122 valence electrons. The Bertz CT molecular complexity index is 653. The normalized spacial score (nSPS) is 10.4. The van der Waals surface area contributed by atoms with Gasteiger partial charge in [0.25, 0.3) is 0 Å². The second-order valence-electron chi connectivity index (χ2n) is 5.19. The van der Waals surface area contributed by atoms with Crippen molar-refractivity contribution in [3.63, 3.8) is 0 Å². The van der Waals surface area contributed by atoms with Gasteiger partial charge in [-0.15, -0.1) is 0 Å². The molecule has 2 aromatic rings. The van der Waals surface area contributed by atoms with Gasteiger partial charge in [-0.1, -0.05) is 12.1 Å².